The summed E-state index contributed by atoms with van der Waals surface area (Å²) in [7, 11) is 1.82. The smallest absolute Gasteiger partial charge is 0.341 e. The van der Waals surface area contributed by atoms with Crippen molar-refractivity contribution in [2.24, 2.45) is 18.0 Å². The molecule has 3 heterocycles. The second-order valence-electron chi connectivity index (χ2n) is 8.93. The topological polar surface area (TPSA) is 106 Å². The molecule has 192 valence electrons. The third-order valence-corrected chi connectivity index (χ3v) is 8.29. The van der Waals surface area contributed by atoms with Crippen molar-refractivity contribution in [3.63, 3.8) is 0 Å². The molecular formula is C25H31N5O4S2. The Kier molecular flexibility index (Phi) is 7.99. The van der Waals surface area contributed by atoms with Crippen molar-refractivity contribution < 1.29 is 19.1 Å². The summed E-state index contributed by atoms with van der Waals surface area (Å²) < 4.78 is 6.98. The number of nitrogens with zero attached hydrogens (tertiary/aromatic N) is 4. The number of ether oxygens (including phenoxy) is 1. The van der Waals surface area contributed by atoms with E-state index in [2.05, 4.69) is 22.3 Å². The number of anilines is 1. The van der Waals surface area contributed by atoms with Crippen LogP contribution in [0.4, 0.5) is 5.00 Å². The van der Waals surface area contributed by atoms with Crippen molar-refractivity contribution in [3.8, 4) is 0 Å². The molecule has 36 heavy (non-hydrogen) atoms. The maximum Gasteiger partial charge on any atom is 0.341 e. The fourth-order valence-electron chi connectivity index (χ4n) is 4.38. The van der Waals surface area contributed by atoms with Gasteiger partial charge in [-0.2, -0.15) is 5.10 Å². The van der Waals surface area contributed by atoms with E-state index >= 15 is 0 Å². The highest BCUT2D eigenvalue weighted by molar-refractivity contribution is 8.14. The minimum Gasteiger partial charge on any atom is -0.462 e. The Morgan fingerprint density at radius 2 is 2.14 bits per heavy atom. The molecule has 1 atom stereocenters. The Morgan fingerprint density at radius 3 is 2.81 bits per heavy atom. The van der Waals surface area contributed by atoms with Gasteiger partial charge >= 0.3 is 5.97 Å². The van der Waals surface area contributed by atoms with Gasteiger partial charge in [0.25, 0.3) is 5.91 Å². The lowest BCUT2D eigenvalue weighted by Gasteiger charge is -2.18. The molecule has 11 heteroatoms. The van der Waals surface area contributed by atoms with Crippen LogP contribution in [0.2, 0.25) is 0 Å². The van der Waals surface area contributed by atoms with E-state index in [9.17, 15) is 14.4 Å². The van der Waals surface area contributed by atoms with Crippen molar-refractivity contribution >= 4 is 57.1 Å². The van der Waals surface area contributed by atoms with E-state index in [0.717, 1.165) is 41.0 Å². The molecule has 0 saturated carbocycles. The van der Waals surface area contributed by atoms with Crippen molar-refractivity contribution in [3.05, 3.63) is 39.2 Å². The average molecular weight is 530 g/mol. The van der Waals surface area contributed by atoms with Crippen LogP contribution in [0.5, 0.6) is 0 Å². The number of fused-ring (bicyclic) bond motifs is 1. The number of aromatic nitrogens is 2. The standard InChI is InChI=1S/C25H31N5O4S2/c1-6-30-23(32)18(11-16-12-29(5)28-15(16)4)26-25(30)35-13-20(31)27-22-21(24(33)34-7-2)17-9-8-14(3)10-19(17)36-22/h11-12,14H,6-10,13H2,1-5H3,(H,27,31)/b18-11+/t14-/m0/s1. The third-order valence-electron chi connectivity index (χ3n) is 6.15. The molecule has 2 aliphatic rings. The number of amidine groups is 1. The minimum absolute atomic E-state index is 0.0586. The highest BCUT2D eigenvalue weighted by Crippen LogP contribution is 2.40. The predicted molar refractivity (Wildman–Crippen MR) is 143 cm³/mol. The monoisotopic (exact) mass is 529 g/mol. The van der Waals surface area contributed by atoms with Crippen molar-refractivity contribution in [1.82, 2.24) is 14.7 Å². The summed E-state index contributed by atoms with van der Waals surface area (Å²) >= 11 is 2.66. The fourth-order valence-corrected chi connectivity index (χ4v) is 6.66. The molecule has 0 radical (unpaired) electrons. The number of aliphatic imine (C=N–C) groups is 1. The van der Waals surface area contributed by atoms with Gasteiger partial charge in [-0.25, -0.2) is 9.79 Å². The molecule has 0 aromatic carbocycles. The summed E-state index contributed by atoms with van der Waals surface area (Å²) in [5.41, 5.74) is 3.44. The largest absolute Gasteiger partial charge is 0.462 e. The van der Waals surface area contributed by atoms with Crippen LogP contribution < -0.4 is 5.32 Å². The summed E-state index contributed by atoms with van der Waals surface area (Å²) in [6.45, 7) is 8.44. The van der Waals surface area contributed by atoms with Gasteiger partial charge in [0.2, 0.25) is 5.91 Å². The highest BCUT2D eigenvalue weighted by atomic mass is 32.2. The van der Waals surface area contributed by atoms with Crippen molar-refractivity contribution in [1.29, 1.82) is 0 Å². The van der Waals surface area contributed by atoms with E-state index < -0.39 is 5.97 Å². The lowest BCUT2D eigenvalue weighted by atomic mass is 9.88. The predicted octanol–water partition coefficient (Wildman–Crippen LogP) is 4.02. The zero-order valence-electron chi connectivity index (χ0n) is 21.2. The molecular weight excluding hydrogens is 498 g/mol. The summed E-state index contributed by atoms with van der Waals surface area (Å²) in [6.07, 6.45) is 6.27. The van der Waals surface area contributed by atoms with Gasteiger partial charge in [0.05, 0.1) is 23.6 Å². The molecule has 2 aromatic rings. The number of nitrogens with one attached hydrogen (secondary N) is 1. The summed E-state index contributed by atoms with van der Waals surface area (Å²) in [4.78, 5) is 45.7. The van der Waals surface area contributed by atoms with Gasteiger partial charge in [0.15, 0.2) is 5.17 Å². The molecule has 2 amide bonds. The molecule has 1 aliphatic carbocycles. The average Bonchev–Trinajstić information content (AvgIpc) is 3.44. The van der Waals surface area contributed by atoms with Crippen LogP contribution in [-0.4, -0.2) is 56.5 Å². The third kappa shape index (κ3) is 5.41. The van der Waals surface area contributed by atoms with Crippen molar-refractivity contribution in [2.75, 3.05) is 24.2 Å². The first-order chi connectivity index (χ1) is 17.2. The Balaban J connectivity index is 1.49. The number of rotatable bonds is 7. The van der Waals surface area contributed by atoms with Crippen molar-refractivity contribution in [2.45, 2.75) is 47.0 Å². The number of thiophene rings is 1. The van der Waals surface area contributed by atoms with Crippen LogP contribution in [0.25, 0.3) is 6.08 Å². The molecule has 0 unspecified atom stereocenters. The SMILES string of the molecule is CCOC(=O)c1c(NC(=O)CSC2=N/C(=C/c3cn(C)nc3C)C(=O)N2CC)sc2c1CC[C@H](C)C2. The summed E-state index contributed by atoms with van der Waals surface area (Å²) in [5, 5.41) is 8.25. The van der Waals surface area contributed by atoms with E-state index in [0.29, 0.717) is 33.9 Å². The van der Waals surface area contributed by atoms with E-state index in [1.54, 1.807) is 22.6 Å². The number of carbonyl (C=O) groups is 3. The molecule has 9 nitrogen and oxygen atoms in total. The Hall–Kier alpha value is -2.92. The first-order valence-electron chi connectivity index (χ1n) is 12.1. The summed E-state index contributed by atoms with van der Waals surface area (Å²) in [6, 6.07) is 0. The van der Waals surface area contributed by atoms with Gasteiger partial charge in [-0.3, -0.25) is 19.2 Å². The molecule has 0 saturated heterocycles. The van der Waals surface area contributed by atoms with E-state index in [-0.39, 0.29) is 24.2 Å². The maximum absolute atomic E-state index is 12.9. The van der Waals surface area contributed by atoms with Crippen LogP contribution in [0.3, 0.4) is 0 Å². The van der Waals surface area contributed by atoms with Gasteiger partial charge in [-0.15, -0.1) is 11.3 Å². The first-order valence-corrected chi connectivity index (χ1v) is 13.9. The number of hydrogen-bond donors (Lipinski definition) is 1. The van der Waals surface area contributed by atoms with E-state index in [1.807, 2.05) is 27.1 Å². The van der Waals surface area contributed by atoms with Crippen LogP contribution in [0.1, 0.15) is 59.2 Å². The van der Waals surface area contributed by atoms with Crippen LogP contribution in [-0.2, 0) is 34.2 Å². The Labute approximate surface area is 219 Å². The normalized spacial score (nSPS) is 18.4. The molecule has 4 rings (SSSR count). The number of hydrogen-bond acceptors (Lipinski definition) is 8. The number of aryl methyl sites for hydroxylation is 2. The highest BCUT2D eigenvalue weighted by Gasteiger charge is 2.31. The molecule has 1 aliphatic heterocycles. The number of esters is 1. The number of thioether (sulfide) groups is 1. The minimum atomic E-state index is -0.393. The molecule has 0 fully saturated rings. The number of amides is 2. The molecule has 2 aromatic heterocycles. The van der Waals surface area contributed by atoms with Gasteiger partial charge < -0.3 is 10.1 Å². The summed E-state index contributed by atoms with van der Waals surface area (Å²) in [5.74, 6) is -0.252. The Morgan fingerprint density at radius 1 is 1.36 bits per heavy atom. The first kappa shape index (κ1) is 26.2. The molecule has 1 N–H and O–H groups in total. The number of carbonyl (C=O) groups excluding carboxylic acids is 3. The quantitative estimate of drug-likeness (QED) is 0.429. The second-order valence-corrected chi connectivity index (χ2v) is 11.0. The van der Waals surface area contributed by atoms with E-state index in [1.165, 1.54) is 23.1 Å². The van der Waals surface area contributed by atoms with Gasteiger partial charge in [-0.1, -0.05) is 18.7 Å². The zero-order chi connectivity index (χ0) is 26.0. The van der Waals surface area contributed by atoms with Crippen LogP contribution in [0, 0.1) is 12.8 Å². The van der Waals surface area contributed by atoms with Crippen LogP contribution in [0.15, 0.2) is 16.9 Å². The maximum atomic E-state index is 12.9. The van der Waals surface area contributed by atoms with Gasteiger partial charge in [0, 0.05) is 30.2 Å². The van der Waals surface area contributed by atoms with E-state index in [4.69, 9.17) is 4.74 Å². The van der Waals surface area contributed by atoms with Crippen LogP contribution >= 0.6 is 23.1 Å². The number of likely N-dealkylation sites (N-methyl/N-ethyl adjacent to an activating group) is 1. The molecule has 0 spiro atoms. The second kappa shape index (κ2) is 11.0. The van der Waals surface area contributed by atoms with Gasteiger partial charge in [0.1, 0.15) is 10.7 Å². The van der Waals surface area contributed by atoms with Gasteiger partial charge in [-0.05, 0) is 57.6 Å². The zero-order valence-corrected chi connectivity index (χ0v) is 22.8. The Bertz CT molecular complexity index is 1260. The lowest BCUT2D eigenvalue weighted by molar-refractivity contribution is -0.122. The molecule has 0 bridgehead atoms. The fraction of sp³-hybridized carbons (Fsp3) is 0.480. The lowest BCUT2D eigenvalue weighted by Crippen LogP contribution is -2.31.